The third kappa shape index (κ3) is 5.32. The summed E-state index contributed by atoms with van der Waals surface area (Å²) < 4.78 is 25.0. The van der Waals surface area contributed by atoms with Gasteiger partial charge in [0.05, 0.1) is 17.3 Å². The highest BCUT2D eigenvalue weighted by Crippen LogP contribution is 2.25. The lowest BCUT2D eigenvalue weighted by Crippen LogP contribution is -2.41. The van der Waals surface area contributed by atoms with Crippen LogP contribution in [0, 0.1) is 0 Å². The summed E-state index contributed by atoms with van der Waals surface area (Å²) in [6.45, 7) is 0. The molecule has 4 N–H and O–H groups in total. The second-order valence-corrected chi connectivity index (χ2v) is 9.27. The van der Waals surface area contributed by atoms with Crippen LogP contribution in [-0.2, 0) is 21.2 Å². The van der Waals surface area contributed by atoms with Gasteiger partial charge in [0.15, 0.2) is 0 Å². The molecule has 9 heteroatoms. The van der Waals surface area contributed by atoms with E-state index < -0.39 is 22.0 Å². The molecular weight excluding hydrogens is 428 g/mol. The average molecular weight is 451 g/mol. The number of carbonyl (C=O) groups is 1. The fourth-order valence-electron chi connectivity index (χ4n) is 3.43. The van der Waals surface area contributed by atoms with E-state index in [1.807, 2.05) is 60.7 Å². The van der Waals surface area contributed by atoms with Gasteiger partial charge < -0.3 is 15.4 Å². The molecule has 0 radical (unpaired) electrons. The number of aromatic nitrogens is 2. The van der Waals surface area contributed by atoms with Crippen molar-refractivity contribution in [2.24, 2.45) is 0 Å². The summed E-state index contributed by atoms with van der Waals surface area (Å²) in [6.07, 6.45) is 0.995. The number of hydrogen-bond donors (Lipinski definition) is 4. The highest BCUT2D eigenvalue weighted by Gasteiger charge is 2.21. The molecule has 8 nitrogen and oxygen atoms in total. The summed E-state index contributed by atoms with van der Waals surface area (Å²) in [7, 11) is -3.62. The van der Waals surface area contributed by atoms with Crippen molar-refractivity contribution in [1.82, 2.24) is 14.7 Å². The Morgan fingerprint density at radius 1 is 1.03 bits per heavy atom. The normalized spacial score (nSPS) is 12.5. The number of carboxylic acids is 1. The summed E-state index contributed by atoms with van der Waals surface area (Å²) in [6, 6.07) is 21.8. The topological polar surface area (TPSA) is 124 Å². The van der Waals surface area contributed by atoms with Crippen LogP contribution >= 0.6 is 0 Å². The first-order valence-electron chi connectivity index (χ1n) is 9.88. The summed E-state index contributed by atoms with van der Waals surface area (Å²) in [5.74, 6) is -0.569. The summed E-state index contributed by atoms with van der Waals surface area (Å²) >= 11 is 0. The zero-order chi connectivity index (χ0) is 22.7. The first kappa shape index (κ1) is 21.5. The number of hydrogen-bond acceptors (Lipinski definition) is 5. The number of aromatic amines is 1. The van der Waals surface area contributed by atoms with Crippen LogP contribution in [0.4, 0.5) is 11.6 Å². The predicted molar refractivity (Wildman–Crippen MR) is 124 cm³/mol. The zero-order valence-corrected chi connectivity index (χ0v) is 18.1. The standard InChI is InChI=1S/C23H22N4O4S/c1-32(30,31)27-21(22(28)29)13-15-9-11-16(12-10-15)17-5-4-6-18(14-17)24-23-25-19-7-2-3-8-20(19)26-23/h2-12,14,21,27H,13H2,1H3,(H,28,29)(H2,24,25,26). The van der Waals surface area contributed by atoms with Gasteiger partial charge in [0, 0.05) is 5.69 Å². The number of H-pyrrole nitrogens is 1. The smallest absolute Gasteiger partial charge is 0.322 e. The first-order valence-corrected chi connectivity index (χ1v) is 11.8. The Morgan fingerprint density at radius 3 is 2.47 bits per heavy atom. The Labute approximate surface area is 185 Å². The van der Waals surface area contributed by atoms with E-state index in [9.17, 15) is 18.3 Å². The third-order valence-corrected chi connectivity index (χ3v) is 5.61. The summed E-state index contributed by atoms with van der Waals surface area (Å²) in [4.78, 5) is 19.1. The summed E-state index contributed by atoms with van der Waals surface area (Å²) in [5, 5.41) is 12.6. The fraction of sp³-hybridized carbons (Fsp3) is 0.130. The van der Waals surface area contributed by atoms with Gasteiger partial charge in [0.2, 0.25) is 16.0 Å². The van der Waals surface area contributed by atoms with Gasteiger partial charge in [-0.3, -0.25) is 4.79 Å². The van der Waals surface area contributed by atoms with Crippen LogP contribution in [0.3, 0.4) is 0 Å². The SMILES string of the molecule is CS(=O)(=O)NC(Cc1ccc(-c2cccc(Nc3nc4ccccc4[nH]3)c2)cc1)C(=O)O. The number of imidazole rings is 1. The Hall–Kier alpha value is -3.69. The molecule has 0 aliphatic rings. The van der Waals surface area contributed by atoms with E-state index in [-0.39, 0.29) is 6.42 Å². The van der Waals surface area contributed by atoms with Crippen LogP contribution in [0.15, 0.2) is 72.8 Å². The lowest BCUT2D eigenvalue weighted by Gasteiger charge is -2.13. The monoisotopic (exact) mass is 450 g/mol. The number of rotatable bonds is 8. The second-order valence-electron chi connectivity index (χ2n) is 7.49. The molecule has 0 saturated carbocycles. The van der Waals surface area contributed by atoms with Gasteiger partial charge in [-0.25, -0.2) is 18.1 Å². The van der Waals surface area contributed by atoms with Gasteiger partial charge in [0.1, 0.15) is 6.04 Å². The van der Waals surface area contributed by atoms with Gasteiger partial charge in [-0.1, -0.05) is 48.5 Å². The van der Waals surface area contributed by atoms with E-state index in [4.69, 9.17) is 0 Å². The van der Waals surface area contributed by atoms with Crippen molar-refractivity contribution in [2.75, 3.05) is 11.6 Å². The Kier molecular flexibility index (Phi) is 5.93. The Bertz CT molecular complexity index is 1330. The lowest BCUT2D eigenvalue weighted by molar-refractivity contribution is -0.138. The molecule has 0 amide bonds. The minimum atomic E-state index is -3.62. The first-order chi connectivity index (χ1) is 15.3. The van der Waals surface area contributed by atoms with Crippen LogP contribution in [0.2, 0.25) is 0 Å². The van der Waals surface area contributed by atoms with E-state index >= 15 is 0 Å². The molecule has 0 bridgehead atoms. The zero-order valence-electron chi connectivity index (χ0n) is 17.2. The molecule has 1 unspecified atom stereocenters. The third-order valence-electron chi connectivity index (χ3n) is 4.90. The van der Waals surface area contributed by atoms with Gasteiger partial charge in [-0.05, 0) is 47.4 Å². The molecule has 1 atom stereocenters. The molecule has 4 aromatic rings. The minimum Gasteiger partial charge on any atom is -0.480 e. The Morgan fingerprint density at radius 2 is 1.78 bits per heavy atom. The highest BCUT2D eigenvalue weighted by molar-refractivity contribution is 7.88. The molecule has 3 aromatic carbocycles. The molecule has 4 rings (SSSR count). The number of benzene rings is 3. The second kappa shape index (κ2) is 8.81. The van der Waals surface area contributed by atoms with E-state index in [1.54, 1.807) is 12.1 Å². The van der Waals surface area contributed by atoms with Crippen molar-refractivity contribution in [3.8, 4) is 11.1 Å². The molecule has 1 aromatic heterocycles. The maximum Gasteiger partial charge on any atom is 0.322 e. The highest BCUT2D eigenvalue weighted by atomic mass is 32.2. The maximum atomic E-state index is 11.4. The van der Waals surface area contributed by atoms with E-state index in [0.717, 1.165) is 34.1 Å². The molecule has 32 heavy (non-hydrogen) atoms. The number of fused-ring (bicyclic) bond motifs is 1. The number of nitrogens with zero attached hydrogens (tertiary/aromatic N) is 1. The number of sulfonamides is 1. The average Bonchev–Trinajstić information content (AvgIpc) is 3.15. The minimum absolute atomic E-state index is 0.0519. The lowest BCUT2D eigenvalue weighted by atomic mass is 10.0. The van der Waals surface area contributed by atoms with Gasteiger partial charge >= 0.3 is 5.97 Å². The van der Waals surface area contributed by atoms with Crippen molar-refractivity contribution in [1.29, 1.82) is 0 Å². The maximum absolute atomic E-state index is 11.4. The van der Waals surface area contributed by atoms with Crippen molar-refractivity contribution >= 4 is 38.7 Å². The van der Waals surface area contributed by atoms with Crippen LogP contribution < -0.4 is 10.0 Å². The van der Waals surface area contributed by atoms with E-state index in [0.29, 0.717) is 11.5 Å². The molecule has 1 heterocycles. The molecule has 164 valence electrons. The largest absolute Gasteiger partial charge is 0.480 e. The van der Waals surface area contributed by atoms with Gasteiger partial charge in [0.25, 0.3) is 0 Å². The molecule has 0 saturated heterocycles. The van der Waals surface area contributed by atoms with Crippen LogP contribution in [0.25, 0.3) is 22.2 Å². The van der Waals surface area contributed by atoms with Crippen molar-refractivity contribution in [3.05, 3.63) is 78.4 Å². The van der Waals surface area contributed by atoms with Crippen molar-refractivity contribution in [3.63, 3.8) is 0 Å². The van der Waals surface area contributed by atoms with Crippen LogP contribution in [-0.4, -0.2) is 41.8 Å². The number of para-hydroxylation sites is 2. The quantitative estimate of drug-likeness (QED) is 0.326. The number of anilines is 2. The van der Waals surface area contributed by atoms with Crippen molar-refractivity contribution < 1.29 is 18.3 Å². The van der Waals surface area contributed by atoms with Crippen LogP contribution in [0.5, 0.6) is 0 Å². The van der Waals surface area contributed by atoms with Crippen molar-refractivity contribution in [2.45, 2.75) is 12.5 Å². The molecule has 0 fully saturated rings. The van der Waals surface area contributed by atoms with Gasteiger partial charge in [-0.2, -0.15) is 0 Å². The van der Waals surface area contributed by atoms with Crippen LogP contribution in [0.1, 0.15) is 5.56 Å². The Balaban J connectivity index is 1.50. The predicted octanol–water partition coefficient (Wildman–Crippen LogP) is 3.52. The molecule has 0 spiro atoms. The van der Waals surface area contributed by atoms with E-state index in [2.05, 4.69) is 20.0 Å². The fourth-order valence-corrected chi connectivity index (χ4v) is 4.13. The molecular formula is C23H22N4O4S. The van der Waals surface area contributed by atoms with Gasteiger partial charge in [-0.15, -0.1) is 0 Å². The number of aliphatic carboxylic acids is 1. The molecule has 0 aliphatic heterocycles. The molecule has 0 aliphatic carbocycles. The number of nitrogens with one attached hydrogen (secondary N) is 3. The summed E-state index contributed by atoms with van der Waals surface area (Å²) in [5.41, 5.74) is 5.34. The van der Waals surface area contributed by atoms with E-state index in [1.165, 1.54) is 0 Å². The number of carboxylic acid groups (broad SMARTS) is 1.